The van der Waals surface area contributed by atoms with E-state index in [1.807, 2.05) is 32.2 Å². The highest BCUT2D eigenvalue weighted by Gasteiger charge is 2.27. The lowest BCUT2D eigenvalue weighted by molar-refractivity contribution is 0.0845. The fourth-order valence-corrected chi connectivity index (χ4v) is 4.45. The number of nitrogens with zero attached hydrogens (tertiary/aromatic N) is 6. The first kappa shape index (κ1) is 19.9. The molecule has 0 spiro atoms. The highest BCUT2D eigenvalue weighted by Crippen LogP contribution is 2.27. The van der Waals surface area contributed by atoms with E-state index in [1.54, 1.807) is 10.6 Å². The minimum absolute atomic E-state index is 0.0310. The summed E-state index contributed by atoms with van der Waals surface area (Å²) in [6.45, 7) is 6.98. The van der Waals surface area contributed by atoms with Crippen molar-refractivity contribution in [3.8, 4) is 0 Å². The summed E-state index contributed by atoms with van der Waals surface area (Å²) in [5.41, 5.74) is 4.02. The van der Waals surface area contributed by atoms with Crippen molar-refractivity contribution in [1.29, 1.82) is 0 Å². The van der Waals surface area contributed by atoms with Gasteiger partial charge in [0.2, 0.25) is 5.95 Å². The third-order valence-corrected chi connectivity index (χ3v) is 6.08. The summed E-state index contributed by atoms with van der Waals surface area (Å²) in [4.78, 5) is 28.7. The lowest BCUT2D eigenvalue weighted by Gasteiger charge is -2.23. The highest BCUT2D eigenvalue weighted by molar-refractivity contribution is 5.93. The average molecular weight is 422 g/mol. The number of aryl methyl sites for hydroxylation is 2. The van der Waals surface area contributed by atoms with Crippen molar-refractivity contribution < 1.29 is 9.53 Å². The normalized spacial score (nSPS) is 19.8. The number of hydrogen-bond donors (Lipinski definition) is 1. The molecule has 2 aliphatic heterocycles. The fourth-order valence-electron chi connectivity index (χ4n) is 4.45. The molecular formula is C22H27N7O2. The molecule has 2 aliphatic rings. The summed E-state index contributed by atoms with van der Waals surface area (Å²) >= 11 is 0. The summed E-state index contributed by atoms with van der Waals surface area (Å²) in [6.07, 6.45) is 4.69. The minimum Gasteiger partial charge on any atom is -0.381 e. The number of ether oxygens (including phenoxy) is 1. The van der Waals surface area contributed by atoms with E-state index < -0.39 is 0 Å². The molecule has 9 heteroatoms. The SMILES string of the molecule is Cc1cc(C)n2nc(C(=O)NC3CCN(c4nccc(C5CCOCC5)n4)C3)cc2n1. The summed E-state index contributed by atoms with van der Waals surface area (Å²) in [6, 6.07) is 5.73. The van der Waals surface area contributed by atoms with Crippen molar-refractivity contribution in [2.75, 3.05) is 31.2 Å². The highest BCUT2D eigenvalue weighted by atomic mass is 16.5. The monoisotopic (exact) mass is 421 g/mol. The maximum absolute atomic E-state index is 12.8. The van der Waals surface area contributed by atoms with Crippen molar-refractivity contribution in [2.45, 2.75) is 45.1 Å². The lowest BCUT2D eigenvalue weighted by Crippen LogP contribution is -2.37. The van der Waals surface area contributed by atoms with E-state index in [1.165, 1.54) is 0 Å². The number of fused-ring (bicyclic) bond motifs is 1. The maximum atomic E-state index is 12.8. The van der Waals surface area contributed by atoms with Gasteiger partial charge in [0.25, 0.3) is 5.91 Å². The van der Waals surface area contributed by atoms with Gasteiger partial charge in [0.1, 0.15) is 0 Å². The van der Waals surface area contributed by atoms with Gasteiger partial charge in [-0.05, 0) is 45.2 Å². The molecule has 1 atom stereocenters. The third kappa shape index (κ3) is 4.10. The van der Waals surface area contributed by atoms with Gasteiger partial charge in [-0.25, -0.2) is 19.5 Å². The predicted molar refractivity (Wildman–Crippen MR) is 115 cm³/mol. The Kier molecular flexibility index (Phi) is 5.27. The molecule has 9 nitrogen and oxygen atoms in total. The lowest BCUT2D eigenvalue weighted by atomic mass is 9.96. The number of rotatable bonds is 4. The van der Waals surface area contributed by atoms with Gasteiger partial charge < -0.3 is 15.0 Å². The maximum Gasteiger partial charge on any atom is 0.272 e. The van der Waals surface area contributed by atoms with Crippen LogP contribution in [0.2, 0.25) is 0 Å². The molecule has 1 amide bonds. The molecule has 31 heavy (non-hydrogen) atoms. The first-order valence-corrected chi connectivity index (χ1v) is 10.9. The molecule has 1 N–H and O–H groups in total. The zero-order chi connectivity index (χ0) is 21.4. The average Bonchev–Trinajstić information content (AvgIpc) is 3.42. The van der Waals surface area contributed by atoms with Crippen LogP contribution in [0, 0.1) is 13.8 Å². The Labute approximate surface area is 180 Å². The van der Waals surface area contributed by atoms with Crippen molar-refractivity contribution in [1.82, 2.24) is 29.9 Å². The van der Waals surface area contributed by atoms with Gasteiger partial charge in [-0.3, -0.25) is 4.79 Å². The number of carbonyl (C=O) groups excluding carboxylic acids is 1. The quantitative estimate of drug-likeness (QED) is 0.688. The number of anilines is 1. The Bertz CT molecular complexity index is 1110. The van der Waals surface area contributed by atoms with Crippen LogP contribution in [0.25, 0.3) is 5.65 Å². The van der Waals surface area contributed by atoms with Gasteiger partial charge in [0.15, 0.2) is 11.3 Å². The standard InChI is InChI=1S/C22H27N7O2/c1-14-11-15(2)29-20(24-14)12-19(27-29)21(30)25-17-4-8-28(13-17)22-23-7-3-18(26-22)16-5-9-31-10-6-16/h3,7,11-12,16-17H,4-6,8-10,13H2,1-2H3,(H,25,30). The van der Waals surface area contributed by atoms with Gasteiger partial charge in [-0.2, -0.15) is 5.10 Å². The molecule has 0 aromatic carbocycles. The second-order valence-corrected chi connectivity index (χ2v) is 8.41. The molecule has 5 heterocycles. The fraction of sp³-hybridized carbons (Fsp3) is 0.500. The van der Waals surface area contributed by atoms with Crippen LogP contribution >= 0.6 is 0 Å². The van der Waals surface area contributed by atoms with Gasteiger partial charge >= 0.3 is 0 Å². The Morgan fingerprint density at radius 3 is 2.84 bits per heavy atom. The second kappa shape index (κ2) is 8.22. The summed E-state index contributed by atoms with van der Waals surface area (Å²) in [7, 11) is 0. The molecular weight excluding hydrogens is 394 g/mol. The van der Waals surface area contributed by atoms with E-state index in [0.29, 0.717) is 23.8 Å². The van der Waals surface area contributed by atoms with Crippen LogP contribution in [0.3, 0.4) is 0 Å². The van der Waals surface area contributed by atoms with Crippen LogP contribution < -0.4 is 10.2 Å². The number of hydrogen-bond acceptors (Lipinski definition) is 7. The van der Waals surface area contributed by atoms with E-state index in [2.05, 4.69) is 25.3 Å². The summed E-state index contributed by atoms with van der Waals surface area (Å²) in [5.74, 6) is 0.999. The first-order valence-electron chi connectivity index (χ1n) is 10.9. The van der Waals surface area contributed by atoms with Crippen molar-refractivity contribution in [2.24, 2.45) is 0 Å². The number of amides is 1. The van der Waals surface area contributed by atoms with Gasteiger partial charge in [0.05, 0.1) is 0 Å². The van der Waals surface area contributed by atoms with E-state index in [0.717, 1.165) is 62.1 Å². The van der Waals surface area contributed by atoms with E-state index in [-0.39, 0.29) is 11.9 Å². The third-order valence-electron chi connectivity index (χ3n) is 6.08. The van der Waals surface area contributed by atoms with Crippen molar-refractivity contribution in [3.63, 3.8) is 0 Å². The molecule has 0 aliphatic carbocycles. The molecule has 162 valence electrons. The van der Waals surface area contributed by atoms with Crippen molar-refractivity contribution in [3.05, 3.63) is 47.2 Å². The van der Waals surface area contributed by atoms with Gasteiger partial charge in [-0.1, -0.05) is 0 Å². The molecule has 0 bridgehead atoms. The van der Waals surface area contributed by atoms with Crippen LogP contribution in [-0.4, -0.2) is 62.8 Å². The molecule has 2 fully saturated rings. The molecule has 2 saturated heterocycles. The zero-order valence-corrected chi connectivity index (χ0v) is 17.9. The van der Waals surface area contributed by atoms with Crippen LogP contribution in [0.15, 0.2) is 24.4 Å². The predicted octanol–water partition coefficient (Wildman–Crippen LogP) is 2.04. The second-order valence-electron chi connectivity index (χ2n) is 8.41. The van der Waals surface area contributed by atoms with E-state index in [9.17, 15) is 4.79 Å². The van der Waals surface area contributed by atoms with E-state index >= 15 is 0 Å². The van der Waals surface area contributed by atoms with Gasteiger partial charge in [0, 0.05) is 67.6 Å². The van der Waals surface area contributed by atoms with Gasteiger partial charge in [-0.15, -0.1) is 0 Å². The largest absolute Gasteiger partial charge is 0.381 e. The summed E-state index contributed by atoms with van der Waals surface area (Å²) in [5, 5.41) is 7.54. The van der Waals surface area contributed by atoms with Crippen LogP contribution in [0.5, 0.6) is 0 Å². The smallest absolute Gasteiger partial charge is 0.272 e. The number of aromatic nitrogens is 5. The number of carbonyl (C=O) groups is 1. The molecule has 3 aromatic rings. The Balaban J connectivity index is 1.25. The molecule has 1 unspecified atom stereocenters. The van der Waals surface area contributed by atoms with Crippen LogP contribution in [-0.2, 0) is 4.74 Å². The number of nitrogens with one attached hydrogen (secondary N) is 1. The van der Waals surface area contributed by atoms with Crippen LogP contribution in [0.4, 0.5) is 5.95 Å². The van der Waals surface area contributed by atoms with Crippen molar-refractivity contribution >= 4 is 17.5 Å². The topological polar surface area (TPSA) is 97.5 Å². The molecule has 0 radical (unpaired) electrons. The summed E-state index contributed by atoms with van der Waals surface area (Å²) < 4.78 is 7.17. The van der Waals surface area contributed by atoms with E-state index in [4.69, 9.17) is 9.72 Å². The molecule has 5 rings (SSSR count). The first-order chi connectivity index (χ1) is 15.1. The zero-order valence-electron chi connectivity index (χ0n) is 17.9. The Hall–Kier alpha value is -3.07. The molecule has 0 saturated carbocycles. The van der Waals surface area contributed by atoms with Crippen LogP contribution in [0.1, 0.15) is 52.8 Å². The minimum atomic E-state index is -0.175. The Morgan fingerprint density at radius 2 is 2.00 bits per heavy atom. The molecule has 3 aromatic heterocycles. The Morgan fingerprint density at radius 1 is 1.16 bits per heavy atom.